The van der Waals surface area contributed by atoms with Gasteiger partial charge < -0.3 is 10.5 Å². The summed E-state index contributed by atoms with van der Waals surface area (Å²) in [5.41, 5.74) is 8.98. The van der Waals surface area contributed by atoms with Crippen LogP contribution in [-0.2, 0) is 17.8 Å². The van der Waals surface area contributed by atoms with E-state index in [4.69, 9.17) is 15.7 Å². The molecule has 0 unspecified atom stereocenters. The summed E-state index contributed by atoms with van der Waals surface area (Å²) in [6.45, 7) is 1.04. The summed E-state index contributed by atoms with van der Waals surface area (Å²) in [6.07, 6.45) is 0.814. The minimum Gasteiger partial charge on any atom is -0.375 e. The number of benzene rings is 2. The molecule has 1 atom stereocenters. The Morgan fingerprint density at radius 3 is 2.29 bits per heavy atom. The maximum atomic E-state index is 8.72. The van der Waals surface area contributed by atoms with Crippen molar-refractivity contribution in [2.75, 3.05) is 6.61 Å². The predicted octanol–water partition coefficient (Wildman–Crippen LogP) is 3.07. The van der Waals surface area contributed by atoms with E-state index >= 15 is 0 Å². The first-order valence-electron chi connectivity index (χ1n) is 6.64. The Morgan fingerprint density at radius 2 is 1.67 bits per heavy atom. The maximum absolute atomic E-state index is 8.72. The van der Waals surface area contributed by atoms with E-state index in [9.17, 15) is 0 Å². The number of ether oxygens (including phenoxy) is 1. The lowest BCUT2D eigenvalue weighted by Gasteiger charge is -2.12. The molecular weight excluding hydrogens is 284 g/mol. The highest BCUT2D eigenvalue weighted by Gasteiger charge is 2.04. The molecule has 0 bridgehead atoms. The quantitative estimate of drug-likeness (QED) is 0.892. The van der Waals surface area contributed by atoms with Gasteiger partial charge in [-0.05, 0) is 29.7 Å². The maximum Gasteiger partial charge on any atom is 0.0991 e. The third kappa shape index (κ3) is 5.97. The van der Waals surface area contributed by atoms with Crippen LogP contribution < -0.4 is 5.73 Å². The lowest BCUT2D eigenvalue weighted by molar-refractivity contribution is 0.108. The van der Waals surface area contributed by atoms with Crippen molar-refractivity contribution in [2.24, 2.45) is 5.73 Å². The summed E-state index contributed by atoms with van der Waals surface area (Å²) in [4.78, 5) is 0. The molecule has 0 saturated heterocycles. The minimum atomic E-state index is -0.00391. The fraction of sp³-hybridized carbons (Fsp3) is 0.235. The monoisotopic (exact) mass is 302 g/mol. The molecule has 3 nitrogen and oxygen atoms in total. The second-order valence-corrected chi connectivity index (χ2v) is 4.77. The van der Waals surface area contributed by atoms with Crippen LogP contribution in [0.15, 0.2) is 54.6 Å². The summed E-state index contributed by atoms with van der Waals surface area (Å²) >= 11 is 0. The molecule has 0 heterocycles. The lowest BCUT2D eigenvalue weighted by atomic mass is 10.1. The molecule has 21 heavy (non-hydrogen) atoms. The van der Waals surface area contributed by atoms with E-state index in [0.717, 1.165) is 12.0 Å². The van der Waals surface area contributed by atoms with Gasteiger partial charge in [-0.3, -0.25) is 0 Å². The number of rotatable bonds is 6. The van der Waals surface area contributed by atoms with Gasteiger partial charge in [0.25, 0.3) is 0 Å². The molecule has 4 heteroatoms. The minimum absolute atomic E-state index is 0. The molecule has 0 amide bonds. The molecule has 0 aromatic heterocycles. The highest BCUT2D eigenvalue weighted by molar-refractivity contribution is 5.85. The van der Waals surface area contributed by atoms with Gasteiger partial charge >= 0.3 is 0 Å². The molecule has 0 radical (unpaired) electrons. The molecule has 2 aromatic rings. The Kier molecular flexibility index (Phi) is 7.49. The Bertz CT molecular complexity index is 564. The number of nitriles is 1. The highest BCUT2D eigenvalue weighted by Crippen LogP contribution is 2.06. The Hall–Kier alpha value is -1.86. The third-order valence-corrected chi connectivity index (χ3v) is 3.02. The Morgan fingerprint density at radius 1 is 1.00 bits per heavy atom. The van der Waals surface area contributed by atoms with Gasteiger partial charge in [0, 0.05) is 6.04 Å². The zero-order valence-electron chi connectivity index (χ0n) is 11.7. The van der Waals surface area contributed by atoms with Crippen molar-refractivity contribution < 1.29 is 4.74 Å². The second-order valence-electron chi connectivity index (χ2n) is 4.77. The zero-order chi connectivity index (χ0) is 14.2. The molecule has 0 spiro atoms. The van der Waals surface area contributed by atoms with Gasteiger partial charge in [-0.2, -0.15) is 5.26 Å². The average molecular weight is 303 g/mol. The van der Waals surface area contributed by atoms with Gasteiger partial charge in [-0.1, -0.05) is 42.5 Å². The molecule has 0 aliphatic rings. The van der Waals surface area contributed by atoms with Gasteiger partial charge in [0.05, 0.1) is 24.8 Å². The smallest absolute Gasteiger partial charge is 0.0991 e. The average Bonchev–Trinajstić information content (AvgIpc) is 2.49. The lowest BCUT2D eigenvalue weighted by Crippen LogP contribution is -2.28. The van der Waals surface area contributed by atoms with Crippen molar-refractivity contribution in [3.8, 4) is 6.07 Å². The molecule has 2 rings (SSSR count). The summed E-state index contributed by atoms with van der Waals surface area (Å²) in [5.74, 6) is 0. The Balaban J connectivity index is 0.00000220. The fourth-order valence-electron chi connectivity index (χ4n) is 1.98. The summed E-state index contributed by atoms with van der Waals surface area (Å²) < 4.78 is 5.62. The molecule has 0 fully saturated rings. The van der Waals surface area contributed by atoms with Crippen LogP contribution in [0, 0.1) is 11.3 Å². The molecule has 0 saturated carbocycles. The van der Waals surface area contributed by atoms with Crippen molar-refractivity contribution >= 4 is 12.4 Å². The van der Waals surface area contributed by atoms with Gasteiger partial charge in [0.2, 0.25) is 0 Å². The summed E-state index contributed by atoms with van der Waals surface area (Å²) in [5, 5.41) is 8.72. The number of hydrogen-bond acceptors (Lipinski definition) is 3. The predicted molar refractivity (Wildman–Crippen MR) is 86.2 cm³/mol. The van der Waals surface area contributed by atoms with Crippen LogP contribution in [0.1, 0.15) is 16.7 Å². The van der Waals surface area contributed by atoms with Crippen LogP contribution in [0.3, 0.4) is 0 Å². The van der Waals surface area contributed by atoms with Gasteiger partial charge in [0.15, 0.2) is 0 Å². The normalized spacial score (nSPS) is 11.2. The van der Waals surface area contributed by atoms with E-state index in [1.807, 2.05) is 30.3 Å². The largest absolute Gasteiger partial charge is 0.375 e. The van der Waals surface area contributed by atoms with Crippen LogP contribution in [0.25, 0.3) is 0 Å². The van der Waals surface area contributed by atoms with Crippen molar-refractivity contribution in [1.29, 1.82) is 5.26 Å². The van der Waals surface area contributed by atoms with Gasteiger partial charge in [-0.15, -0.1) is 12.4 Å². The molecule has 0 aliphatic heterocycles. The number of nitrogens with zero attached hydrogens (tertiary/aromatic N) is 1. The summed E-state index contributed by atoms with van der Waals surface area (Å²) in [7, 11) is 0. The first-order chi connectivity index (χ1) is 9.78. The summed E-state index contributed by atoms with van der Waals surface area (Å²) in [6, 6.07) is 19.7. The van der Waals surface area contributed by atoms with Gasteiger partial charge in [0.1, 0.15) is 0 Å². The van der Waals surface area contributed by atoms with E-state index in [-0.39, 0.29) is 18.4 Å². The van der Waals surface area contributed by atoms with Crippen LogP contribution in [0.5, 0.6) is 0 Å². The van der Waals surface area contributed by atoms with E-state index in [1.54, 1.807) is 12.1 Å². The molecular formula is C17H19ClN2O. The molecule has 2 N–H and O–H groups in total. The van der Waals surface area contributed by atoms with Crippen molar-refractivity contribution in [3.63, 3.8) is 0 Å². The van der Waals surface area contributed by atoms with E-state index < -0.39 is 0 Å². The first kappa shape index (κ1) is 17.2. The first-order valence-corrected chi connectivity index (χ1v) is 6.64. The third-order valence-electron chi connectivity index (χ3n) is 3.02. The Labute approximate surface area is 131 Å². The van der Waals surface area contributed by atoms with Crippen LogP contribution >= 0.6 is 12.4 Å². The van der Waals surface area contributed by atoms with Gasteiger partial charge in [-0.25, -0.2) is 0 Å². The van der Waals surface area contributed by atoms with Crippen molar-refractivity contribution in [1.82, 2.24) is 0 Å². The topological polar surface area (TPSA) is 59.0 Å². The van der Waals surface area contributed by atoms with Crippen molar-refractivity contribution in [3.05, 3.63) is 71.3 Å². The molecule has 2 aromatic carbocycles. The second kappa shape index (κ2) is 9.15. The van der Waals surface area contributed by atoms with E-state index in [2.05, 4.69) is 18.2 Å². The van der Waals surface area contributed by atoms with E-state index in [0.29, 0.717) is 18.8 Å². The molecule has 110 valence electrons. The number of hydrogen-bond donors (Lipinski definition) is 1. The highest BCUT2D eigenvalue weighted by atomic mass is 35.5. The number of halogens is 1. The van der Waals surface area contributed by atoms with Crippen LogP contribution in [0.2, 0.25) is 0 Å². The zero-order valence-corrected chi connectivity index (χ0v) is 12.6. The SMILES string of the molecule is Cl.N#Cc1ccc(COC[C@H](N)Cc2ccccc2)cc1. The number of nitrogens with two attached hydrogens (primary N) is 1. The van der Waals surface area contributed by atoms with Crippen LogP contribution in [0.4, 0.5) is 0 Å². The van der Waals surface area contributed by atoms with Crippen LogP contribution in [-0.4, -0.2) is 12.6 Å². The molecule has 0 aliphatic carbocycles. The standard InChI is InChI=1S/C17H18N2O.ClH/c18-11-15-6-8-16(9-7-15)12-20-13-17(19)10-14-4-2-1-3-5-14;/h1-9,17H,10,12-13,19H2;1H/t17-;/m1./s1. The van der Waals surface area contributed by atoms with E-state index in [1.165, 1.54) is 5.56 Å². The van der Waals surface area contributed by atoms with Crippen molar-refractivity contribution in [2.45, 2.75) is 19.1 Å². The fourth-order valence-corrected chi connectivity index (χ4v) is 1.98.